The van der Waals surface area contributed by atoms with E-state index < -0.39 is 22.6 Å². The fourth-order valence-corrected chi connectivity index (χ4v) is 2.17. The first-order valence-electron chi connectivity index (χ1n) is 6.04. The minimum absolute atomic E-state index is 0.138. The van der Waals surface area contributed by atoms with Crippen molar-refractivity contribution in [3.05, 3.63) is 68.7 Å². The molecule has 0 amide bonds. The lowest BCUT2D eigenvalue weighted by Crippen LogP contribution is -2.12. The molecule has 4 nitrogen and oxygen atoms in total. The smallest absolute Gasteiger partial charge is 0.293 e. The monoisotopic (exact) mass is 312 g/mol. The molecule has 0 aromatic heterocycles. The molecule has 0 bridgehead atoms. The molecule has 2 aromatic carbocycles. The molecule has 7 heteroatoms. The molecule has 0 saturated carbocycles. The molecule has 1 N–H and O–H groups in total. The maximum absolute atomic E-state index is 13.7. The van der Waals surface area contributed by atoms with Crippen LogP contribution in [-0.2, 0) is 0 Å². The summed E-state index contributed by atoms with van der Waals surface area (Å²) in [5.74, 6) is -1.43. The maximum Gasteiger partial charge on any atom is 0.293 e. The minimum atomic E-state index is -0.786. The van der Waals surface area contributed by atoms with E-state index in [0.717, 1.165) is 12.1 Å². The lowest BCUT2D eigenvalue weighted by Gasteiger charge is -2.17. The molecule has 0 aliphatic rings. The molecular weight excluding hydrogens is 302 g/mol. The fourth-order valence-electron chi connectivity index (χ4n) is 2.01. The third-order valence-corrected chi connectivity index (χ3v) is 3.20. The molecule has 0 heterocycles. The van der Waals surface area contributed by atoms with Crippen molar-refractivity contribution in [2.24, 2.45) is 0 Å². The van der Waals surface area contributed by atoms with E-state index >= 15 is 0 Å². The second-order valence-electron chi connectivity index (χ2n) is 4.42. The van der Waals surface area contributed by atoms with Crippen LogP contribution in [0.1, 0.15) is 18.5 Å². The predicted molar refractivity (Wildman–Crippen MR) is 76.5 cm³/mol. The third-order valence-electron chi connectivity index (χ3n) is 2.96. The van der Waals surface area contributed by atoms with E-state index in [2.05, 4.69) is 5.32 Å². The average molecular weight is 313 g/mol. The highest BCUT2D eigenvalue weighted by atomic mass is 35.5. The highest BCUT2D eigenvalue weighted by Gasteiger charge is 2.20. The Morgan fingerprint density at radius 1 is 1.24 bits per heavy atom. The zero-order valence-electron chi connectivity index (χ0n) is 10.9. The summed E-state index contributed by atoms with van der Waals surface area (Å²) in [4.78, 5) is 10.4. The van der Waals surface area contributed by atoms with Gasteiger partial charge in [-0.25, -0.2) is 8.78 Å². The molecule has 0 saturated heterocycles. The van der Waals surface area contributed by atoms with Crippen LogP contribution >= 0.6 is 11.6 Å². The quantitative estimate of drug-likeness (QED) is 0.657. The van der Waals surface area contributed by atoms with Gasteiger partial charge in [0.2, 0.25) is 0 Å². The van der Waals surface area contributed by atoms with Crippen LogP contribution in [0, 0.1) is 21.7 Å². The van der Waals surface area contributed by atoms with Gasteiger partial charge in [0.1, 0.15) is 17.3 Å². The lowest BCUT2D eigenvalue weighted by molar-refractivity contribution is -0.384. The van der Waals surface area contributed by atoms with E-state index in [1.54, 1.807) is 0 Å². The Morgan fingerprint density at radius 2 is 1.86 bits per heavy atom. The molecule has 1 atom stereocenters. The van der Waals surface area contributed by atoms with Crippen molar-refractivity contribution in [2.45, 2.75) is 13.0 Å². The SMILES string of the molecule is CC(Nc1ccc(Cl)cc1[N+](=O)[O-])c1c(F)cccc1F. The van der Waals surface area contributed by atoms with Crippen LogP contribution in [-0.4, -0.2) is 4.92 Å². The van der Waals surface area contributed by atoms with Crippen LogP contribution in [0.3, 0.4) is 0 Å². The topological polar surface area (TPSA) is 55.2 Å². The molecule has 0 radical (unpaired) electrons. The molecule has 21 heavy (non-hydrogen) atoms. The second-order valence-corrected chi connectivity index (χ2v) is 4.86. The van der Waals surface area contributed by atoms with Crippen molar-refractivity contribution < 1.29 is 13.7 Å². The number of benzene rings is 2. The molecular formula is C14H11ClF2N2O2. The van der Waals surface area contributed by atoms with Crippen molar-refractivity contribution in [1.29, 1.82) is 0 Å². The fraction of sp³-hybridized carbons (Fsp3) is 0.143. The Morgan fingerprint density at radius 3 is 2.43 bits per heavy atom. The number of hydrogen-bond donors (Lipinski definition) is 1. The number of halogens is 3. The van der Waals surface area contributed by atoms with E-state index in [4.69, 9.17) is 11.6 Å². The first-order valence-corrected chi connectivity index (χ1v) is 6.42. The highest BCUT2D eigenvalue weighted by molar-refractivity contribution is 6.30. The number of nitro groups is 1. The van der Waals surface area contributed by atoms with Gasteiger partial charge in [-0.1, -0.05) is 17.7 Å². The minimum Gasteiger partial charge on any atom is -0.373 e. The van der Waals surface area contributed by atoms with Gasteiger partial charge in [0.15, 0.2) is 0 Å². The normalized spacial score (nSPS) is 12.0. The number of nitro benzene ring substituents is 1. The van der Waals surface area contributed by atoms with Crippen molar-refractivity contribution >= 4 is 23.0 Å². The Hall–Kier alpha value is -2.21. The van der Waals surface area contributed by atoms with Crippen LogP contribution in [0.2, 0.25) is 5.02 Å². The molecule has 0 aliphatic heterocycles. The first kappa shape index (κ1) is 15.2. The average Bonchev–Trinajstić information content (AvgIpc) is 2.40. The Labute approximate surface area is 124 Å². The van der Waals surface area contributed by atoms with Crippen LogP contribution in [0.4, 0.5) is 20.2 Å². The van der Waals surface area contributed by atoms with Crippen molar-refractivity contribution in [3.8, 4) is 0 Å². The van der Waals surface area contributed by atoms with Gasteiger partial charge in [-0.15, -0.1) is 0 Å². The van der Waals surface area contributed by atoms with Gasteiger partial charge in [0, 0.05) is 16.7 Å². The zero-order valence-corrected chi connectivity index (χ0v) is 11.7. The number of nitrogens with zero attached hydrogens (tertiary/aromatic N) is 1. The van der Waals surface area contributed by atoms with E-state index in [1.165, 1.54) is 31.2 Å². The molecule has 2 aromatic rings. The maximum atomic E-state index is 13.7. The van der Waals surface area contributed by atoms with Gasteiger partial charge in [0.25, 0.3) is 5.69 Å². The van der Waals surface area contributed by atoms with Gasteiger partial charge >= 0.3 is 0 Å². The van der Waals surface area contributed by atoms with Crippen LogP contribution < -0.4 is 5.32 Å². The summed E-state index contributed by atoms with van der Waals surface area (Å²) < 4.78 is 27.4. The second kappa shape index (κ2) is 6.05. The van der Waals surface area contributed by atoms with E-state index in [0.29, 0.717) is 0 Å². The summed E-state index contributed by atoms with van der Waals surface area (Å²) in [5.41, 5.74) is -0.299. The van der Waals surface area contributed by atoms with E-state index in [-0.39, 0.29) is 22.0 Å². The van der Waals surface area contributed by atoms with Crippen LogP contribution in [0.25, 0.3) is 0 Å². The number of hydrogen-bond acceptors (Lipinski definition) is 3. The van der Waals surface area contributed by atoms with Crippen LogP contribution in [0.5, 0.6) is 0 Å². The van der Waals surface area contributed by atoms with Gasteiger partial charge in [-0.3, -0.25) is 10.1 Å². The first-order chi connectivity index (χ1) is 9.90. The number of anilines is 1. The van der Waals surface area contributed by atoms with Gasteiger partial charge < -0.3 is 5.32 Å². The van der Waals surface area contributed by atoms with Crippen LogP contribution in [0.15, 0.2) is 36.4 Å². The summed E-state index contributed by atoms with van der Waals surface area (Å²) in [6, 6.07) is 6.77. The van der Waals surface area contributed by atoms with Crippen molar-refractivity contribution in [3.63, 3.8) is 0 Å². The molecule has 0 fully saturated rings. The Kier molecular flexibility index (Phi) is 4.37. The summed E-state index contributed by atoms with van der Waals surface area (Å²) in [6.07, 6.45) is 0. The third kappa shape index (κ3) is 3.28. The lowest BCUT2D eigenvalue weighted by atomic mass is 10.1. The molecule has 110 valence electrons. The van der Waals surface area contributed by atoms with E-state index in [1.807, 2.05) is 0 Å². The zero-order chi connectivity index (χ0) is 15.6. The number of nitrogens with one attached hydrogen (secondary N) is 1. The van der Waals surface area contributed by atoms with Crippen molar-refractivity contribution in [1.82, 2.24) is 0 Å². The molecule has 0 aliphatic carbocycles. The standard InChI is InChI=1S/C14H11ClF2N2O2/c1-8(14-10(16)3-2-4-11(14)17)18-12-6-5-9(15)7-13(12)19(20)21/h2-8,18H,1H3. The van der Waals surface area contributed by atoms with Crippen molar-refractivity contribution in [2.75, 3.05) is 5.32 Å². The molecule has 0 spiro atoms. The number of rotatable bonds is 4. The highest BCUT2D eigenvalue weighted by Crippen LogP contribution is 2.31. The summed E-state index contributed by atoms with van der Waals surface area (Å²) in [7, 11) is 0. The van der Waals surface area contributed by atoms with Gasteiger partial charge in [-0.05, 0) is 31.2 Å². The van der Waals surface area contributed by atoms with Gasteiger partial charge in [0.05, 0.1) is 11.0 Å². The van der Waals surface area contributed by atoms with E-state index in [9.17, 15) is 18.9 Å². The summed E-state index contributed by atoms with van der Waals surface area (Å²) in [6.45, 7) is 1.51. The van der Waals surface area contributed by atoms with Gasteiger partial charge in [-0.2, -0.15) is 0 Å². The largest absolute Gasteiger partial charge is 0.373 e. The summed E-state index contributed by atoms with van der Waals surface area (Å²) in [5, 5.41) is 13.9. The Bertz CT molecular complexity index is 674. The predicted octanol–water partition coefficient (Wildman–Crippen LogP) is 4.70. The molecule has 1 unspecified atom stereocenters. The molecule has 2 rings (SSSR count). The Balaban J connectivity index is 2.36. The summed E-state index contributed by atoms with van der Waals surface area (Å²) >= 11 is 5.71.